The summed E-state index contributed by atoms with van der Waals surface area (Å²) in [5, 5.41) is 16.0. The largest absolute Gasteiger partial charge is 0.351 e. The van der Waals surface area contributed by atoms with E-state index in [-0.39, 0.29) is 24.3 Å². The van der Waals surface area contributed by atoms with Gasteiger partial charge in [-0.25, -0.2) is 4.39 Å². The average Bonchev–Trinajstić information content (AvgIpc) is 2.65. The van der Waals surface area contributed by atoms with Crippen molar-refractivity contribution in [3.63, 3.8) is 0 Å². The van der Waals surface area contributed by atoms with E-state index in [2.05, 4.69) is 10.6 Å². The maximum atomic E-state index is 13.5. The Bertz CT molecular complexity index is 896. The molecule has 2 aromatic carbocycles. The van der Waals surface area contributed by atoms with Gasteiger partial charge in [0.15, 0.2) is 0 Å². The van der Waals surface area contributed by atoms with E-state index in [4.69, 9.17) is 0 Å². The van der Waals surface area contributed by atoms with Gasteiger partial charge in [0, 0.05) is 30.8 Å². The van der Waals surface area contributed by atoms with Gasteiger partial charge in [-0.05, 0) is 36.8 Å². The monoisotopic (exact) mass is 371 g/mol. The van der Waals surface area contributed by atoms with Crippen LogP contribution in [-0.4, -0.2) is 29.8 Å². The van der Waals surface area contributed by atoms with Gasteiger partial charge in [-0.2, -0.15) is 0 Å². The standard InChI is InChI=1S/C19H18FN3O4/c1-13-6-7-15(12-16(13)20)19(25)22-11-10-21-18(24)9-8-14-4-2-3-5-17(14)23(26)27/h2-9,12H,10-11H2,1H3,(H,21,24)(H,22,25)/b9-8+. The molecule has 0 bridgehead atoms. The molecule has 0 aliphatic heterocycles. The Morgan fingerprint density at radius 3 is 2.56 bits per heavy atom. The van der Waals surface area contributed by atoms with Crippen LogP contribution in [0.3, 0.4) is 0 Å². The lowest BCUT2D eigenvalue weighted by Crippen LogP contribution is -2.34. The highest BCUT2D eigenvalue weighted by atomic mass is 19.1. The highest BCUT2D eigenvalue weighted by molar-refractivity contribution is 5.94. The zero-order valence-electron chi connectivity index (χ0n) is 14.6. The van der Waals surface area contributed by atoms with Crippen LogP contribution in [0, 0.1) is 22.9 Å². The van der Waals surface area contributed by atoms with Crippen LogP contribution in [0.4, 0.5) is 10.1 Å². The van der Waals surface area contributed by atoms with Crippen LogP contribution in [0.5, 0.6) is 0 Å². The number of benzene rings is 2. The van der Waals surface area contributed by atoms with Crippen molar-refractivity contribution in [3.05, 3.63) is 81.2 Å². The minimum absolute atomic E-state index is 0.0980. The molecule has 2 aromatic rings. The number of hydrogen-bond donors (Lipinski definition) is 2. The first-order valence-electron chi connectivity index (χ1n) is 8.12. The fourth-order valence-electron chi connectivity index (χ4n) is 2.22. The molecule has 0 saturated carbocycles. The maximum Gasteiger partial charge on any atom is 0.276 e. The third-order valence-electron chi connectivity index (χ3n) is 3.69. The summed E-state index contributed by atoms with van der Waals surface area (Å²) in [4.78, 5) is 34.0. The summed E-state index contributed by atoms with van der Waals surface area (Å²) in [6.07, 6.45) is 2.53. The summed E-state index contributed by atoms with van der Waals surface area (Å²) in [6.45, 7) is 1.91. The molecule has 0 atom stereocenters. The zero-order chi connectivity index (χ0) is 19.8. The molecule has 2 rings (SSSR count). The van der Waals surface area contributed by atoms with Gasteiger partial charge in [-0.3, -0.25) is 19.7 Å². The van der Waals surface area contributed by atoms with Gasteiger partial charge in [0.25, 0.3) is 11.6 Å². The Labute approximate surface area is 155 Å². The van der Waals surface area contributed by atoms with Crippen LogP contribution in [0.2, 0.25) is 0 Å². The third-order valence-corrected chi connectivity index (χ3v) is 3.69. The molecular formula is C19H18FN3O4. The molecule has 0 aliphatic carbocycles. The van der Waals surface area contributed by atoms with E-state index < -0.39 is 22.6 Å². The smallest absolute Gasteiger partial charge is 0.276 e. The van der Waals surface area contributed by atoms with Crippen LogP contribution >= 0.6 is 0 Å². The SMILES string of the molecule is Cc1ccc(C(=O)NCCNC(=O)/C=C/c2ccccc2[N+](=O)[O-])cc1F. The number of nitrogens with zero attached hydrogens (tertiary/aromatic N) is 1. The van der Waals surface area contributed by atoms with Gasteiger partial charge in [0.05, 0.1) is 10.5 Å². The lowest BCUT2D eigenvalue weighted by atomic mass is 10.1. The van der Waals surface area contributed by atoms with Crippen molar-refractivity contribution in [2.75, 3.05) is 13.1 Å². The van der Waals surface area contributed by atoms with Crippen molar-refractivity contribution in [1.82, 2.24) is 10.6 Å². The normalized spacial score (nSPS) is 10.6. The summed E-state index contributed by atoms with van der Waals surface area (Å²) in [7, 11) is 0. The van der Waals surface area contributed by atoms with Gasteiger partial charge in [0.1, 0.15) is 5.82 Å². The minimum Gasteiger partial charge on any atom is -0.351 e. The number of hydrogen-bond acceptors (Lipinski definition) is 4. The van der Waals surface area contributed by atoms with Gasteiger partial charge >= 0.3 is 0 Å². The highest BCUT2D eigenvalue weighted by Crippen LogP contribution is 2.18. The number of halogens is 1. The topological polar surface area (TPSA) is 101 Å². The Morgan fingerprint density at radius 2 is 1.85 bits per heavy atom. The van der Waals surface area contributed by atoms with Crippen molar-refractivity contribution in [2.45, 2.75) is 6.92 Å². The van der Waals surface area contributed by atoms with Crippen molar-refractivity contribution < 1.29 is 18.9 Å². The van der Waals surface area contributed by atoms with E-state index >= 15 is 0 Å². The van der Waals surface area contributed by atoms with Crippen molar-refractivity contribution >= 4 is 23.6 Å². The van der Waals surface area contributed by atoms with E-state index in [1.54, 1.807) is 13.0 Å². The molecule has 2 amide bonds. The number of rotatable bonds is 7. The van der Waals surface area contributed by atoms with E-state index in [9.17, 15) is 24.1 Å². The van der Waals surface area contributed by atoms with Crippen LogP contribution in [0.15, 0.2) is 48.5 Å². The number of nitro groups is 1. The summed E-state index contributed by atoms with van der Waals surface area (Å²) >= 11 is 0. The molecule has 140 valence electrons. The molecule has 8 heteroatoms. The quantitative estimate of drug-likeness (QED) is 0.338. The zero-order valence-corrected chi connectivity index (χ0v) is 14.6. The molecule has 0 fully saturated rings. The van der Waals surface area contributed by atoms with Crippen molar-refractivity contribution in [3.8, 4) is 0 Å². The fraction of sp³-hybridized carbons (Fsp3) is 0.158. The first-order chi connectivity index (χ1) is 12.9. The van der Waals surface area contributed by atoms with Crippen molar-refractivity contribution in [1.29, 1.82) is 0 Å². The molecule has 0 aliphatic rings. The number of para-hydroxylation sites is 1. The molecule has 27 heavy (non-hydrogen) atoms. The number of nitrogens with one attached hydrogen (secondary N) is 2. The average molecular weight is 371 g/mol. The molecule has 0 unspecified atom stereocenters. The third kappa shape index (κ3) is 5.74. The second-order valence-electron chi connectivity index (χ2n) is 5.66. The minimum atomic E-state index is -0.527. The predicted molar refractivity (Wildman–Crippen MR) is 98.6 cm³/mol. The molecule has 0 heterocycles. The second kappa shape index (κ2) is 9.23. The Kier molecular flexibility index (Phi) is 6.76. The molecule has 2 N–H and O–H groups in total. The van der Waals surface area contributed by atoms with E-state index in [1.165, 1.54) is 42.5 Å². The van der Waals surface area contributed by atoms with Crippen LogP contribution in [-0.2, 0) is 4.79 Å². The van der Waals surface area contributed by atoms with Crippen LogP contribution in [0.25, 0.3) is 6.08 Å². The summed E-state index contributed by atoms with van der Waals surface area (Å²) in [5.74, 6) is -1.36. The lowest BCUT2D eigenvalue weighted by Gasteiger charge is -2.06. The number of carbonyl (C=O) groups excluding carboxylic acids is 2. The molecule has 0 saturated heterocycles. The predicted octanol–water partition coefficient (Wildman–Crippen LogP) is 2.60. The Balaban J connectivity index is 1.80. The van der Waals surface area contributed by atoms with E-state index in [0.29, 0.717) is 11.1 Å². The number of carbonyl (C=O) groups is 2. The lowest BCUT2D eigenvalue weighted by molar-refractivity contribution is -0.385. The van der Waals surface area contributed by atoms with Gasteiger partial charge < -0.3 is 10.6 Å². The van der Waals surface area contributed by atoms with Crippen LogP contribution < -0.4 is 10.6 Å². The molecular weight excluding hydrogens is 353 g/mol. The number of amides is 2. The Hall–Kier alpha value is -3.55. The second-order valence-corrected chi connectivity index (χ2v) is 5.66. The summed E-state index contributed by atoms with van der Waals surface area (Å²) in [6, 6.07) is 10.2. The maximum absolute atomic E-state index is 13.5. The molecule has 0 spiro atoms. The Morgan fingerprint density at radius 1 is 1.15 bits per heavy atom. The number of nitro benzene ring substituents is 1. The summed E-state index contributed by atoms with van der Waals surface area (Å²) in [5.41, 5.74) is 0.858. The molecule has 7 nitrogen and oxygen atoms in total. The van der Waals surface area contributed by atoms with E-state index in [0.717, 1.165) is 6.07 Å². The first-order valence-corrected chi connectivity index (χ1v) is 8.12. The number of aryl methyl sites for hydroxylation is 1. The van der Waals surface area contributed by atoms with E-state index in [1.807, 2.05) is 0 Å². The van der Waals surface area contributed by atoms with Gasteiger partial charge in [-0.1, -0.05) is 18.2 Å². The van der Waals surface area contributed by atoms with Crippen molar-refractivity contribution in [2.24, 2.45) is 0 Å². The summed E-state index contributed by atoms with van der Waals surface area (Å²) < 4.78 is 13.5. The molecule has 0 radical (unpaired) electrons. The first kappa shape index (κ1) is 19.8. The van der Waals surface area contributed by atoms with Gasteiger partial charge in [0.2, 0.25) is 5.91 Å². The van der Waals surface area contributed by atoms with Gasteiger partial charge in [-0.15, -0.1) is 0 Å². The van der Waals surface area contributed by atoms with Crippen LogP contribution in [0.1, 0.15) is 21.5 Å². The highest BCUT2D eigenvalue weighted by Gasteiger charge is 2.10. The molecule has 0 aromatic heterocycles. The fourth-order valence-corrected chi connectivity index (χ4v) is 2.22.